The number of amides is 1. The molecule has 34 heavy (non-hydrogen) atoms. The standard InChI is InChI=1S/C24H37N7O3/c1-24(2,3)34-23(32)31-12-11-30(15-18(31)13-25-4)21-19-8-9-26-14-20(19)27-22(28-21)33-16-17-7-6-10-29(17)5/h17-18,26H,6-16H2,1-3,5H3/t17-,18?/m0/s1. The first-order valence-electron chi connectivity index (χ1n) is 12.3. The molecule has 4 heterocycles. The normalized spacial score (nSPS) is 23.4. The fourth-order valence-electron chi connectivity index (χ4n) is 4.87. The molecular formula is C24H37N7O3. The first-order valence-corrected chi connectivity index (χ1v) is 12.3. The van der Waals surface area contributed by atoms with Gasteiger partial charge in [-0.1, -0.05) is 0 Å². The van der Waals surface area contributed by atoms with Crippen LogP contribution in [0.15, 0.2) is 0 Å². The van der Waals surface area contributed by atoms with Crippen LogP contribution in [0.1, 0.15) is 44.9 Å². The van der Waals surface area contributed by atoms with Crippen LogP contribution in [0.5, 0.6) is 6.01 Å². The van der Waals surface area contributed by atoms with E-state index in [9.17, 15) is 4.79 Å². The van der Waals surface area contributed by atoms with Crippen LogP contribution in [-0.2, 0) is 17.7 Å². The molecule has 0 spiro atoms. The zero-order chi connectivity index (χ0) is 24.3. The topological polar surface area (TPSA) is 87.4 Å². The molecule has 10 heteroatoms. The van der Waals surface area contributed by atoms with Crippen molar-refractivity contribution in [2.24, 2.45) is 0 Å². The Bertz CT molecular complexity index is 926. The minimum Gasteiger partial charge on any atom is -0.462 e. The number of hydrogen-bond acceptors (Lipinski definition) is 8. The molecule has 4 rings (SSSR count). The van der Waals surface area contributed by atoms with Crippen molar-refractivity contribution in [1.29, 1.82) is 0 Å². The van der Waals surface area contributed by atoms with Gasteiger partial charge in [0.25, 0.3) is 0 Å². The molecule has 1 unspecified atom stereocenters. The number of anilines is 1. The molecule has 186 valence electrons. The summed E-state index contributed by atoms with van der Waals surface area (Å²) in [4.78, 5) is 32.2. The molecule has 0 bridgehead atoms. The second-order valence-corrected chi connectivity index (χ2v) is 10.4. The first kappa shape index (κ1) is 24.5. The van der Waals surface area contributed by atoms with E-state index in [4.69, 9.17) is 26.0 Å². The van der Waals surface area contributed by atoms with Gasteiger partial charge in [0, 0.05) is 37.8 Å². The van der Waals surface area contributed by atoms with E-state index in [0.29, 0.717) is 44.8 Å². The summed E-state index contributed by atoms with van der Waals surface area (Å²) in [5, 5.41) is 3.39. The van der Waals surface area contributed by atoms with Gasteiger partial charge in [-0.05, 0) is 60.2 Å². The second-order valence-electron chi connectivity index (χ2n) is 10.4. The largest absolute Gasteiger partial charge is 0.462 e. The summed E-state index contributed by atoms with van der Waals surface area (Å²) in [6.07, 6.45) is 2.80. The number of likely N-dealkylation sites (N-methyl/N-ethyl adjacent to an activating group) is 1. The predicted molar refractivity (Wildman–Crippen MR) is 129 cm³/mol. The molecule has 1 aromatic heterocycles. The number of piperazine rings is 1. The summed E-state index contributed by atoms with van der Waals surface area (Å²) < 4.78 is 11.7. The van der Waals surface area contributed by atoms with Crippen molar-refractivity contribution in [3.63, 3.8) is 0 Å². The fourth-order valence-corrected chi connectivity index (χ4v) is 4.87. The maximum absolute atomic E-state index is 12.8. The molecule has 2 saturated heterocycles. The van der Waals surface area contributed by atoms with Gasteiger partial charge in [-0.25, -0.2) is 11.4 Å². The summed E-state index contributed by atoms with van der Waals surface area (Å²) >= 11 is 0. The molecule has 3 aliphatic heterocycles. The molecular weight excluding hydrogens is 434 g/mol. The number of nitrogens with one attached hydrogen (secondary N) is 1. The van der Waals surface area contributed by atoms with E-state index in [1.165, 1.54) is 6.42 Å². The molecule has 1 aromatic rings. The lowest BCUT2D eigenvalue weighted by Gasteiger charge is -2.41. The van der Waals surface area contributed by atoms with Gasteiger partial charge in [0.1, 0.15) is 24.1 Å². The van der Waals surface area contributed by atoms with E-state index in [0.717, 1.165) is 43.0 Å². The number of nitrogens with zero attached hydrogens (tertiary/aromatic N) is 6. The predicted octanol–water partition coefficient (Wildman–Crippen LogP) is 1.94. The van der Waals surface area contributed by atoms with Crippen LogP contribution in [0, 0.1) is 6.57 Å². The van der Waals surface area contributed by atoms with Crippen LogP contribution < -0.4 is 15.0 Å². The van der Waals surface area contributed by atoms with Crippen molar-refractivity contribution in [1.82, 2.24) is 25.1 Å². The van der Waals surface area contributed by atoms with Crippen molar-refractivity contribution < 1.29 is 14.3 Å². The van der Waals surface area contributed by atoms with E-state index >= 15 is 0 Å². The summed E-state index contributed by atoms with van der Waals surface area (Å²) in [5.74, 6) is 0.875. The van der Waals surface area contributed by atoms with Crippen LogP contribution in [-0.4, -0.2) is 96.5 Å². The third-order valence-electron chi connectivity index (χ3n) is 6.68. The highest BCUT2D eigenvalue weighted by molar-refractivity contribution is 5.69. The Kier molecular flexibility index (Phi) is 7.43. The number of ether oxygens (including phenoxy) is 2. The number of carbonyl (C=O) groups is 1. The number of rotatable bonds is 5. The molecule has 2 atom stereocenters. The van der Waals surface area contributed by atoms with Gasteiger partial charge in [-0.15, -0.1) is 0 Å². The number of hydrogen-bond donors (Lipinski definition) is 1. The second kappa shape index (κ2) is 10.3. The molecule has 3 aliphatic rings. The van der Waals surface area contributed by atoms with E-state index in [2.05, 4.69) is 27.0 Å². The minimum absolute atomic E-state index is 0.224. The lowest BCUT2D eigenvalue weighted by Crippen LogP contribution is -2.57. The molecule has 0 aromatic carbocycles. The number of fused-ring (bicyclic) bond motifs is 1. The van der Waals surface area contributed by atoms with E-state index in [1.807, 2.05) is 20.8 Å². The van der Waals surface area contributed by atoms with Gasteiger partial charge in [-0.3, -0.25) is 4.90 Å². The summed E-state index contributed by atoms with van der Waals surface area (Å²) in [6.45, 7) is 18.1. The van der Waals surface area contributed by atoms with Crippen molar-refractivity contribution in [3.8, 4) is 6.01 Å². The maximum Gasteiger partial charge on any atom is 0.410 e. The van der Waals surface area contributed by atoms with Gasteiger partial charge >= 0.3 is 12.1 Å². The average molecular weight is 472 g/mol. The summed E-state index contributed by atoms with van der Waals surface area (Å²) in [7, 11) is 2.13. The molecule has 2 fully saturated rings. The van der Waals surface area contributed by atoms with E-state index in [-0.39, 0.29) is 18.7 Å². The quantitative estimate of drug-likeness (QED) is 0.652. The van der Waals surface area contributed by atoms with Gasteiger partial charge in [0.2, 0.25) is 6.54 Å². The Balaban J connectivity index is 1.54. The van der Waals surface area contributed by atoms with Crippen LogP contribution in [0.2, 0.25) is 0 Å². The maximum atomic E-state index is 12.8. The Labute approximate surface area is 202 Å². The fraction of sp³-hybridized carbons (Fsp3) is 0.750. The highest BCUT2D eigenvalue weighted by Gasteiger charge is 2.37. The van der Waals surface area contributed by atoms with Crippen LogP contribution in [0.3, 0.4) is 0 Å². The van der Waals surface area contributed by atoms with Crippen molar-refractivity contribution >= 4 is 11.9 Å². The highest BCUT2D eigenvalue weighted by atomic mass is 16.6. The monoisotopic (exact) mass is 471 g/mol. The number of carbonyl (C=O) groups excluding carboxylic acids is 1. The molecule has 0 saturated carbocycles. The van der Waals surface area contributed by atoms with Gasteiger partial charge in [0.05, 0.1) is 5.69 Å². The van der Waals surface area contributed by atoms with Crippen molar-refractivity contribution in [3.05, 3.63) is 22.7 Å². The Morgan fingerprint density at radius 1 is 1.24 bits per heavy atom. The van der Waals surface area contributed by atoms with E-state index < -0.39 is 5.60 Å². The SMILES string of the molecule is [C-]#[N+]CC1CN(c2nc(OC[C@@H]3CCCN3C)nc3c2CCNC3)CCN1C(=O)OC(C)(C)C. The summed E-state index contributed by atoms with van der Waals surface area (Å²) in [6, 6.07) is 0.542. The molecule has 0 aliphatic carbocycles. The van der Waals surface area contributed by atoms with Crippen LogP contribution >= 0.6 is 0 Å². The van der Waals surface area contributed by atoms with Crippen LogP contribution in [0.25, 0.3) is 4.85 Å². The third kappa shape index (κ3) is 5.70. The van der Waals surface area contributed by atoms with E-state index in [1.54, 1.807) is 4.90 Å². The summed E-state index contributed by atoms with van der Waals surface area (Å²) in [5.41, 5.74) is 1.54. The molecule has 10 nitrogen and oxygen atoms in total. The van der Waals surface area contributed by atoms with Gasteiger partial charge in [-0.2, -0.15) is 9.97 Å². The highest BCUT2D eigenvalue weighted by Crippen LogP contribution is 2.29. The zero-order valence-electron chi connectivity index (χ0n) is 20.8. The number of likely N-dealkylation sites (tertiary alicyclic amines) is 1. The Hall–Kier alpha value is -2.64. The van der Waals surface area contributed by atoms with Crippen molar-refractivity contribution in [2.45, 2.75) is 64.3 Å². The third-order valence-corrected chi connectivity index (χ3v) is 6.68. The number of aromatic nitrogens is 2. The first-order chi connectivity index (χ1) is 16.2. The molecule has 0 radical (unpaired) electrons. The molecule has 1 N–H and O–H groups in total. The Morgan fingerprint density at radius 2 is 2.06 bits per heavy atom. The smallest absolute Gasteiger partial charge is 0.410 e. The molecule has 1 amide bonds. The lowest BCUT2D eigenvalue weighted by atomic mass is 10.1. The zero-order valence-corrected chi connectivity index (χ0v) is 20.8. The van der Waals surface area contributed by atoms with Gasteiger partial charge in [0.15, 0.2) is 0 Å². The van der Waals surface area contributed by atoms with Crippen LogP contribution in [0.4, 0.5) is 10.6 Å². The minimum atomic E-state index is -0.574. The average Bonchev–Trinajstić information content (AvgIpc) is 3.20. The van der Waals surface area contributed by atoms with Gasteiger partial charge < -0.3 is 29.4 Å². The lowest BCUT2D eigenvalue weighted by molar-refractivity contribution is 0.0155. The Morgan fingerprint density at radius 3 is 2.76 bits per heavy atom. The van der Waals surface area contributed by atoms with Crippen molar-refractivity contribution in [2.75, 3.05) is 57.8 Å².